The van der Waals surface area contributed by atoms with Gasteiger partial charge in [0.2, 0.25) is 0 Å². The van der Waals surface area contributed by atoms with E-state index in [-0.39, 0.29) is 11.7 Å². The Hall–Kier alpha value is -0.0800. The largest absolute Gasteiger partial charge is 0.393 e. The monoisotopic (exact) mass is 170 g/mol. The zero-order valence-corrected chi connectivity index (χ0v) is 7.92. The van der Waals surface area contributed by atoms with E-state index in [0.29, 0.717) is 12.0 Å². The van der Waals surface area contributed by atoms with E-state index >= 15 is 0 Å². The van der Waals surface area contributed by atoms with Crippen molar-refractivity contribution in [3.63, 3.8) is 0 Å². The maximum Gasteiger partial charge on any atom is 0.0664 e. The van der Waals surface area contributed by atoms with Gasteiger partial charge >= 0.3 is 0 Å². The highest BCUT2D eigenvalue weighted by Gasteiger charge is 2.48. The predicted molar refractivity (Wildman–Crippen MR) is 46.9 cm³/mol. The first kappa shape index (κ1) is 8.52. The second-order valence-electron chi connectivity index (χ2n) is 4.49. The van der Waals surface area contributed by atoms with Gasteiger partial charge in [-0.1, -0.05) is 6.92 Å². The molecule has 2 fully saturated rings. The quantitative estimate of drug-likeness (QED) is 0.649. The number of fused-ring (bicyclic) bond motifs is 2. The van der Waals surface area contributed by atoms with Crippen LogP contribution in [0.3, 0.4) is 0 Å². The van der Waals surface area contributed by atoms with Crippen LogP contribution < -0.4 is 0 Å². The van der Waals surface area contributed by atoms with Gasteiger partial charge in [0.1, 0.15) is 0 Å². The van der Waals surface area contributed by atoms with Crippen molar-refractivity contribution in [1.29, 1.82) is 0 Å². The summed E-state index contributed by atoms with van der Waals surface area (Å²) in [4.78, 5) is 0. The Morgan fingerprint density at radius 2 is 2.33 bits per heavy atom. The highest BCUT2D eigenvalue weighted by molar-refractivity contribution is 4.98. The number of aliphatic hydroxyl groups excluding tert-OH is 1. The second-order valence-corrected chi connectivity index (χ2v) is 4.49. The fraction of sp³-hybridized carbons (Fsp3) is 1.00. The molecular formula is C10H18O2. The van der Waals surface area contributed by atoms with Crippen LogP contribution in [0.4, 0.5) is 0 Å². The van der Waals surface area contributed by atoms with Crippen molar-refractivity contribution in [1.82, 2.24) is 0 Å². The van der Waals surface area contributed by atoms with Gasteiger partial charge in [-0.3, -0.25) is 0 Å². The van der Waals surface area contributed by atoms with Gasteiger partial charge in [0.15, 0.2) is 0 Å². The summed E-state index contributed by atoms with van der Waals surface area (Å²) in [6.45, 7) is 4.32. The zero-order chi connectivity index (χ0) is 8.77. The number of aliphatic hydroxyl groups is 1. The van der Waals surface area contributed by atoms with Gasteiger partial charge in [0.25, 0.3) is 0 Å². The van der Waals surface area contributed by atoms with Gasteiger partial charge in [-0.05, 0) is 32.6 Å². The van der Waals surface area contributed by atoms with Crippen LogP contribution in [-0.4, -0.2) is 22.9 Å². The molecule has 0 aromatic carbocycles. The molecule has 2 nitrogen and oxygen atoms in total. The summed E-state index contributed by atoms with van der Waals surface area (Å²) in [5, 5.41) is 9.73. The first-order valence-electron chi connectivity index (χ1n) is 5.00. The number of ether oxygens (including phenoxy) is 1. The van der Waals surface area contributed by atoms with Gasteiger partial charge in [-0.2, -0.15) is 0 Å². The molecule has 70 valence electrons. The van der Waals surface area contributed by atoms with Gasteiger partial charge in [0, 0.05) is 5.92 Å². The molecule has 0 aromatic heterocycles. The Balaban J connectivity index is 2.15. The summed E-state index contributed by atoms with van der Waals surface area (Å²) >= 11 is 0. The molecule has 4 atom stereocenters. The van der Waals surface area contributed by atoms with Crippen molar-refractivity contribution in [3.05, 3.63) is 0 Å². The highest BCUT2D eigenvalue weighted by atomic mass is 16.5. The van der Waals surface area contributed by atoms with Crippen LogP contribution in [0.25, 0.3) is 0 Å². The molecule has 1 saturated carbocycles. The van der Waals surface area contributed by atoms with Crippen molar-refractivity contribution in [3.8, 4) is 0 Å². The molecular weight excluding hydrogens is 152 g/mol. The summed E-state index contributed by atoms with van der Waals surface area (Å²) in [5.41, 5.74) is 0.0879. The van der Waals surface area contributed by atoms with Gasteiger partial charge in [0.05, 0.1) is 17.8 Å². The number of hydrogen-bond acceptors (Lipinski definition) is 2. The molecule has 1 saturated heterocycles. The third-order valence-corrected chi connectivity index (χ3v) is 3.45. The molecule has 0 amide bonds. The van der Waals surface area contributed by atoms with Crippen molar-refractivity contribution in [2.24, 2.45) is 5.92 Å². The molecule has 2 heteroatoms. The van der Waals surface area contributed by atoms with E-state index in [4.69, 9.17) is 4.74 Å². The van der Waals surface area contributed by atoms with Crippen molar-refractivity contribution in [2.75, 3.05) is 0 Å². The minimum absolute atomic E-state index is 0.0879. The third-order valence-electron chi connectivity index (χ3n) is 3.45. The van der Waals surface area contributed by atoms with E-state index < -0.39 is 0 Å². The average molecular weight is 170 g/mol. The van der Waals surface area contributed by atoms with E-state index in [0.717, 1.165) is 25.7 Å². The maximum absolute atomic E-state index is 9.73. The smallest absolute Gasteiger partial charge is 0.0664 e. The second kappa shape index (κ2) is 2.71. The first-order valence-corrected chi connectivity index (χ1v) is 5.00. The normalized spacial score (nSPS) is 52.8. The molecule has 2 rings (SSSR count). The van der Waals surface area contributed by atoms with Crippen molar-refractivity contribution in [2.45, 2.75) is 57.3 Å². The summed E-state index contributed by atoms with van der Waals surface area (Å²) in [5.74, 6) is 0.411. The molecule has 0 radical (unpaired) electrons. The van der Waals surface area contributed by atoms with Crippen LogP contribution in [0.1, 0.15) is 39.5 Å². The van der Waals surface area contributed by atoms with Gasteiger partial charge < -0.3 is 9.84 Å². The fourth-order valence-corrected chi connectivity index (χ4v) is 2.73. The van der Waals surface area contributed by atoms with Gasteiger partial charge in [-0.15, -0.1) is 0 Å². The SMILES string of the molecule is CC[C@@H]1O[C@@]2(C)CC[C@H](O)[C@H]1C2. The minimum atomic E-state index is -0.106. The Morgan fingerprint density at radius 3 is 3.00 bits per heavy atom. The maximum atomic E-state index is 9.73. The number of hydrogen-bond donors (Lipinski definition) is 1. The summed E-state index contributed by atoms with van der Waals surface area (Å²) in [6.07, 6.45) is 4.26. The van der Waals surface area contributed by atoms with Crippen LogP contribution in [0, 0.1) is 5.92 Å². The minimum Gasteiger partial charge on any atom is -0.393 e. The van der Waals surface area contributed by atoms with Gasteiger partial charge in [-0.25, -0.2) is 0 Å². The first-order chi connectivity index (χ1) is 5.64. The van der Waals surface area contributed by atoms with Crippen LogP contribution in [-0.2, 0) is 4.74 Å². The number of rotatable bonds is 1. The molecule has 1 N–H and O–H groups in total. The van der Waals surface area contributed by atoms with E-state index in [2.05, 4.69) is 13.8 Å². The Labute approximate surface area is 73.9 Å². The average Bonchev–Trinajstić information content (AvgIpc) is 2.34. The molecule has 0 spiro atoms. The van der Waals surface area contributed by atoms with Crippen LogP contribution in [0.15, 0.2) is 0 Å². The molecule has 12 heavy (non-hydrogen) atoms. The Morgan fingerprint density at radius 1 is 1.58 bits per heavy atom. The lowest BCUT2D eigenvalue weighted by molar-refractivity contribution is -0.0318. The highest BCUT2D eigenvalue weighted by Crippen LogP contribution is 2.46. The summed E-state index contributed by atoms with van der Waals surface area (Å²) < 4.78 is 5.93. The van der Waals surface area contributed by atoms with Crippen molar-refractivity contribution < 1.29 is 9.84 Å². The lowest BCUT2D eigenvalue weighted by Crippen LogP contribution is -2.33. The molecule has 1 heterocycles. The third kappa shape index (κ3) is 1.17. The van der Waals surface area contributed by atoms with Crippen LogP contribution >= 0.6 is 0 Å². The predicted octanol–water partition coefficient (Wildman–Crippen LogP) is 1.71. The van der Waals surface area contributed by atoms with Crippen LogP contribution in [0.2, 0.25) is 0 Å². The molecule has 0 aromatic rings. The molecule has 2 bridgehead atoms. The van der Waals surface area contributed by atoms with Crippen molar-refractivity contribution >= 4 is 0 Å². The standard InChI is InChI=1S/C10H18O2/c1-3-9-7-6-10(2,12-9)5-4-8(7)11/h7-9,11H,3-6H2,1-2H3/t7-,8+,9+,10+/m1/s1. The Kier molecular flexibility index (Phi) is 1.92. The van der Waals surface area contributed by atoms with E-state index in [9.17, 15) is 5.11 Å². The lowest BCUT2D eigenvalue weighted by atomic mass is 9.78. The van der Waals surface area contributed by atoms with E-state index in [1.54, 1.807) is 0 Å². The fourth-order valence-electron chi connectivity index (χ4n) is 2.73. The Bertz CT molecular complexity index is 177. The van der Waals surface area contributed by atoms with E-state index in [1.807, 2.05) is 0 Å². The lowest BCUT2D eigenvalue weighted by Gasteiger charge is -2.29. The topological polar surface area (TPSA) is 29.5 Å². The van der Waals surface area contributed by atoms with Crippen LogP contribution in [0.5, 0.6) is 0 Å². The molecule has 1 aliphatic heterocycles. The molecule has 2 aliphatic rings. The molecule has 0 unspecified atom stereocenters. The van der Waals surface area contributed by atoms with E-state index in [1.165, 1.54) is 0 Å². The molecule has 1 aliphatic carbocycles. The summed E-state index contributed by atoms with van der Waals surface area (Å²) in [7, 11) is 0. The zero-order valence-electron chi connectivity index (χ0n) is 7.92. The summed E-state index contributed by atoms with van der Waals surface area (Å²) in [6, 6.07) is 0.